The summed E-state index contributed by atoms with van der Waals surface area (Å²) in [6.07, 6.45) is 8.42. The first kappa shape index (κ1) is 19.9. The molecule has 0 aliphatic carbocycles. The summed E-state index contributed by atoms with van der Waals surface area (Å²) in [5, 5.41) is 20.1. The number of rotatable bonds is 10. The van der Waals surface area contributed by atoms with Crippen LogP contribution in [0.25, 0.3) is 5.82 Å². The van der Waals surface area contributed by atoms with Gasteiger partial charge in [-0.15, -0.1) is 0 Å². The molecule has 1 unspecified atom stereocenters. The summed E-state index contributed by atoms with van der Waals surface area (Å²) in [6.45, 7) is 6.63. The quantitative estimate of drug-likeness (QED) is 0.447. The van der Waals surface area contributed by atoms with Gasteiger partial charge in [-0.2, -0.15) is 5.10 Å². The van der Waals surface area contributed by atoms with Crippen molar-refractivity contribution < 1.29 is 5.11 Å². The second-order valence-electron chi connectivity index (χ2n) is 6.22. The van der Waals surface area contributed by atoms with Crippen LogP contribution in [0.5, 0.6) is 0 Å². The van der Waals surface area contributed by atoms with E-state index in [0.717, 1.165) is 49.7 Å². The molecule has 142 valence electrons. The van der Waals surface area contributed by atoms with Gasteiger partial charge in [0, 0.05) is 38.3 Å². The second kappa shape index (κ2) is 11.3. The fourth-order valence-electron chi connectivity index (χ4n) is 2.78. The zero-order chi connectivity index (χ0) is 18.6. The van der Waals surface area contributed by atoms with Crippen LogP contribution < -0.4 is 10.6 Å². The van der Waals surface area contributed by atoms with Gasteiger partial charge in [0.1, 0.15) is 0 Å². The third-order valence-electron chi connectivity index (χ3n) is 4.11. The van der Waals surface area contributed by atoms with Gasteiger partial charge >= 0.3 is 0 Å². The lowest BCUT2D eigenvalue weighted by atomic mass is 10.0. The van der Waals surface area contributed by atoms with Crippen molar-refractivity contribution in [3.63, 3.8) is 0 Å². The van der Waals surface area contributed by atoms with E-state index in [-0.39, 0.29) is 6.61 Å². The number of nitrogens with zero attached hydrogens (tertiary/aromatic N) is 4. The molecular weight excluding hydrogens is 328 g/mol. The largest absolute Gasteiger partial charge is 0.396 e. The van der Waals surface area contributed by atoms with Crippen molar-refractivity contribution in [3.05, 3.63) is 42.4 Å². The lowest BCUT2D eigenvalue weighted by Gasteiger charge is -2.18. The minimum absolute atomic E-state index is 0.229. The van der Waals surface area contributed by atoms with Gasteiger partial charge in [0.05, 0.1) is 6.54 Å². The van der Waals surface area contributed by atoms with E-state index in [1.165, 1.54) is 0 Å². The van der Waals surface area contributed by atoms with Crippen LogP contribution in [0.4, 0.5) is 0 Å². The molecule has 26 heavy (non-hydrogen) atoms. The average molecular weight is 358 g/mol. The van der Waals surface area contributed by atoms with Crippen molar-refractivity contribution in [2.24, 2.45) is 10.9 Å². The molecule has 0 saturated carbocycles. The topological polar surface area (TPSA) is 87.4 Å². The molecule has 2 heterocycles. The predicted molar refractivity (Wildman–Crippen MR) is 104 cm³/mol. The van der Waals surface area contributed by atoms with Gasteiger partial charge in [-0.05, 0) is 49.4 Å². The van der Waals surface area contributed by atoms with Crippen molar-refractivity contribution in [2.45, 2.75) is 39.7 Å². The molecule has 3 N–H and O–H groups in total. The van der Waals surface area contributed by atoms with Crippen LogP contribution in [0.1, 0.15) is 38.7 Å². The van der Waals surface area contributed by atoms with Crippen LogP contribution >= 0.6 is 0 Å². The Morgan fingerprint density at radius 1 is 1.27 bits per heavy atom. The number of aliphatic hydroxyl groups is 1. The van der Waals surface area contributed by atoms with Gasteiger partial charge in [-0.1, -0.05) is 13.3 Å². The highest BCUT2D eigenvalue weighted by atomic mass is 16.3. The zero-order valence-electron chi connectivity index (χ0n) is 15.7. The Hall–Kier alpha value is -2.41. The molecule has 7 nitrogen and oxygen atoms in total. The molecule has 0 fully saturated rings. The van der Waals surface area contributed by atoms with Crippen LogP contribution in [0, 0.1) is 5.92 Å². The van der Waals surface area contributed by atoms with E-state index in [1.807, 2.05) is 24.4 Å². The highest BCUT2D eigenvalue weighted by molar-refractivity contribution is 5.79. The molecule has 2 aromatic heterocycles. The van der Waals surface area contributed by atoms with E-state index >= 15 is 0 Å². The minimum atomic E-state index is 0.229. The summed E-state index contributed by atoms with van der Waals surface area (Å²) in [4.78, 5) is 9.02. The number of pyridine rings is 1. The Morgan fingerprint density at radius 2 is 2.15 bits per heavy atom. The zero-order valence-corrected chi connectivity index (χ0v) is 15.7. The number of aliphatic imine (C=N–C) groups is 1. The van der Waals surface area contributed by atoms with E-state index in [0.29, 0.717) is 12.5 Å². The molecule has 0 spiro atoms. The maximum Gasteiger partial charge on any atom is 0.191 e. The predicted octanol–water partition coefficient (Wildman–Crippen LogP) is 2.12. The number of nitrogens with one attached hydrogen (secondary N) is 2. The fourth-order valence-corrected chi connectivity index (χ4v) is 2.78. The van der Waals surface area contributed by atoms with Gasteiger partial charge in [0.15, 0.2) is 11.8 Å². The van der Waals surface area contributed by atoms with Gasteiger partial charge < -0.3 is 15.7 Å². The van der Waals surface area contributed by atoms with E-state index in [2.05, 4.69) is 39.6 Å². The summed E-state index contributed by atoms with van der Waals surface area (Å²) in [5.41, 5.74) is 1.07. The Morgan fingerprint density at radius 3 is 2.85 bits per heavy atom. The van der Waals surface area contributed by atoms with Crippen molar-refractivity contribution >= 4 is 5.96 Å². The first-order valence-electron chi connectivity index (χ1n) is 9.34. The molecule has 2 aromatic rings. The molecule has 0 saturated heterocycles. The van der Waals surface area contributed by atoms with Crippen molar-refractivity contribution in [1.82, 2.24) is 25.4 Å². The standard InChI is InChI=1S/C19H30N6O/c1-3-6-16(8-12-26)14-22-19(20-4-2)23-15-17-7-10-21-18(13-17)25-11-5-9-24-25/h5,7,9-11,13,16,26H,3-4,6,8,12,14-15H2,1-2H3,(H2,20,22,23). The number of hydrogen-bond acceptors (Lipinski definition) is 4. The average Bonchev–Trinajstić information content (AvgIpc) is 3.19. The Kier molecular flexibility index (Phi) is 8.62. The summed E-state index contributed by atoms with van der Waals surface area (Å²) in [6, 6.07) is 5.83. The van der Waals surface area contributed by atoms with E-state index in [4.69, 9.17) is 0 Å². The number of aromatic nitrogens is 3. The Labute approximate surface area is 155 Å². The molecule has 0 bridgehead atoms. The first-order chi connectivity index (χ1) is 12.8. The lowest BCUT2D eigenvalue weighted by Crippen LogP contribution is -2.40. The third-order valence-corrected chi connectivity index (χ3v) is 4.11. The molecule has 0 aliphatic rings. The molecule has 1 atom stereocenters. The monoisotopic (exact) mass is 358 g/mol. The van der Waals surface area contributed by atoms with Crippen molar-refractivity contribution in [1.29, 1.82) is 0 Å². The normalized spacial score (nSPS) is 12.8. The molecule has 7 heteroatoms. The van der Waals surface area contributed by atoms with Gasteiger partial charge in [0.2, 0.25) is 0 Å². The molecule has 0 aromatic carbocycles. The first-order valence-corrected chi connectivity index (χ1v) is 9.34. The van der Waals surface area contributed by atoms with Crippen LogP contribution in [0.2, 0.25) is 0 Å². The van der Waals surface area contributed by atoms with Crippen LogP contribution in [-0.4, -0.2) is 45.5 Å². The van der Waals surface area contributed by atoms with Gasteiger partial charge in [0.25, 0.3) is 0 Å². The lowest BCUT2D eigenvalue weighted by molar-refractivity contribution is 0.251. The summed E-state index contributed by atoms with van der Waals surface area (Å²) in [5.74, 6) is 2.04. The van der Waals surface area contributed by atoms with E-state index < -0.39 is 0 Å². The fraction of sp³-hybridized carbons (Fsp3) is 0.526. The summed E-state index contributed by atoms with van der Waals surface area (Å²) < 4.78 is 1.74. The number of aliphatic hydroxyl groups excluding tert-OH is 1. The highest BCUT2D eigenvalue weighted by Crippen LogP contribution is 2.10. The summed E-state index contributed by atoms with van der Waals surface area (Å²) >= 11 is 0. The van der Waals surface area contributed by atoms with Crippen molar-refractivity contribution in [2.75, 3.05) is 19.7 Å². The van der Waals surface area contributed by atoms with Crippen LogP contribution in [0.3, 0.4) is 0 Å². The van der Waals surface area contributed by atoms with Gasteiger partial charge in [-0.25, -0.2) is 14.7 Å². The molecule has 0 aliphatic heterocycles. The Balaban J connectivity index is 1.98. The highest BCUT2D eigenvalue weighted by Gasteiger charge is 2.08. The third kappa shape index (κ3) is 6.48. The number of hydrogen-bond donors (Lipinski definition) is 3. The maximum absolute atomic E-state index is 9.20. The van der Waals surface area contributed by atoms with Crippen LogP contribution in [0.15, 0.2) is 41.8 Å². The molecule has 2 rings (SSSR count). The number of guanidine groups is 1. The Bertz CT molecular complexity index is 650. The second-order valence-corrected chi connectivity index (χ2v) is 6.22. The van der Waals surface area contributed by atoms with Crippen LogP contribution in [-0.2, 0) is 6.54 Å². The van der Waals surface area contributed by atoms with Gasteiger partial charge in [-0.3, -0.25) is 0 Å². The maximum atomic E-state index is 9.20. The molecular formula is C19H30N6O. The molecule has 0 radical (unpaired) electrons. The smallest absolute Gasteiger partial charge is 0.191 e. The summed E-state index contributed by atoms with van der Waals surface area (Å²) in [7, 11) is 0. The molecule has 0 amide bonds. The van der Waals surface area contributed by atoms with E-state index in [9.17, 15) is 5.11 Å². The minimum Gasteiger partial charge on any atom is -0.396 e. The van der Waals surface area contributed by atoms with Crippen molar-refractivity contribution in [3.8, 4) is 5.82 Å². The SMILES string of the molecule is CCCC(CCO)CNC(=NCc1ccnc(-n2cccn2)c1)NCC. The van der Waals surface area contributed by atoms with E-state index in [1.54, 1.807) is 17.1 Å².